The molecule has 4 nitrogen and oxygen atoms in total. The molecule has 0 radical (unpaired) electrons. The predicted molar refractivity (Wildman–Crippen MR) is 128 cm³/mol. The minimum absolute atomic E-state index is 0.383. The van der Waals surface area contributed by atoms with Crippen molar-refractivity contribution < 1.29 is 13.2 Å². The van der Waals surface area contributed by atoms with Gasteiger partial charge in [0.1, 0.15) is 0 Å². The average Bonchev–Trinajstić information content (AvgIpc) is 2.88. The van der Waals surface area contributed by atoms with Crippen LogP contribution in [0.2, 0.25) is 5.02 Å². The normalized spacial score (nSPS) is 14.9. The maximum absolute atomic E-state index is 11.8. The molecule has 0 atom stereocenters. The molecule has 0 bridgehead atoms. The third-order valence-electron chi connectivity index (χ3n) is 5.39. The van der Waals surface area contributed by atoms with Crippen LogP contribution in [0.5, 0.6) is 0 Å². The topological polar surface area (TPSA) is 55.4 Å². The SMILES string of the molecule is COC/C(=C1/c2ccccc2CCc2cc(Cl)ccc21)c1cccc(NS(C)(=O)=O)c1. The lowest BCUT2D eigenvalue weighted by atomic mass is 9.87. The summed E-state index contributed by atoms with van der Waals surface area (Å²) in [4.78, 5) is 0. The molecule has 0 saturated carbocycles. The van der Waals surface area contributed by atoms with Crippen LogP contribution in [0.1, 0.15) is 27.8 Å². The Morgan fingerprint density at radius 3 is 2.48 bits per heavy atom. The van der Waals surface area contributed by atoms with Crippen LogP contribution in [0.25, 0.3) is 11.1 Å². The summed E-state index contributed by atoms with van der Waals surface area (Å²) in [7, 11) is -1.71. The highest BCUT2D eigenvalue weighted by molar-refractivity contribution is 7.92. The molecule has 4 rings (SSSR count). The maximum atomic E-state index is 11.8. The number of sulfonamides is 1. The molecule has 6 heteroatoms. The maximum Gasteiger partial charge on any atom is 0.229 e. The van der Waals surface area contributed by atoms with Crippen LogP contribution in [0, 0.1) is 0 Å². The number of aryl methyl sites for hydroxylation is 2. The van der Waals surface area contributed by atoms with Crippen molar-refractivity contribution in [2.24, 2.45) is 0 Å². The lowest BCUT2D eigenvalue weighted by molar-refractivity contribution is 0.240. The Morgan fingerprint density at radius 2 is 1.71 bits per heavy atom. The van der Waals surface area contributed by atoms with E-state index < -0.39 is 10.0 Å². The van der Waals surface area contributed by atoms with Crippen LogP contribution >= 0.6 is 11.6 Å². The average molecular weight is 454 g/mol. The fourth-order valence-corrected chi connectivity index (χ4v) is 4.91. The molecule has 0 aromatic heterocycles. The molecule has 0 heterocycles. The summed E-state index contributed by atoms with van der Waals surface area (Å²) in [5.41, 5.74) is 8.27. The van der Waals surface area contributed by atoms with Crippen LogP contribution in [0.15, 0.2) is 66.7 Å². The smallest absolute Gasteiger partial charge is 0.229 e. The number of hydrogen-bond donors (Lipinski definition) is 1. The molecule has 1 N–H and O–H groups in total. The third kappa shape index (κ3) is 4.85. The molecule has 1 aliphatic rings. The monoisotopic (exact) mass is 453 g/mol. The van der Waals surface area contributed by atoms with Crippen LogP contribution in [0.3, 0.4) is 0 Å². The summed E-state index contributed by atoms with van der Waals surface area (Å²) >= 11 is 6.32. The Hall–Kier alpha value is -2.60. The van der Waals surface area contributed by atoms with Gasteiger partial charge in [-0.3, -0.25) is 4.72 Å². The summed E-state index contributed by atoms with van der Waals surface area (Å²) < 4.78 is 31.7. The number of benzene rings is 3. The molecular formula is C25H24ClNO3S. The fraction of sp³-hybridized carbons (Fsp3) is 0.200. The van der Waals surface area contributed by atoms with Gasteiger partial charge in [0.15, 0.2) is 0 Å². The van der Waals surface area contributed by atoms with E-state index in [9.17, 15) is 8.42 Å². The van der Waals surface area contributed by atoms with E-state index in [2.05, 4.69) is 29.0 Å². The Morgan fingerprint density at radius 1 is 0.968 bits per heavy atom. The first-order chi connectivity index (χ1) is 14.9. The van der Waals surface area contributed by atoms with E-state index in [0.717, 1.165) is 52.0 Å². The van der Waals surface area contributed by atoms with Crippen molar-refractivity contribution in [1.82, 2.24) is 0 Å². The van der Waals surface area contributed by atoms with Crippen molar-refractivity contribution in [1.29, 1.82) is 0 Å². The zero-order valence-corrected chi connectivity index (χ0v) is 19.1. The minimum atomic E-state index is -3.38. The molecule has 0 unspecified atom stereocenters. The van der Waals surface area contributed by atoms with Gasteiger partial charge in [0.05, 0.1) is 12.9 Å². The van der Waals surface area contributed by atoms with E-state index >= 15 is 0 Å². The van der Waals surface area contributed by atoms with E-state index in [-0.39, 0.29) is 0 Å². The molecule has 3 aromatic carbocycles. The summed E-state index contributed by atoms with van der Waals surface area (Å²) in [6, 6.07) is 21.9. The molecule has 0 fully saturated rings. The molecule has 3 aromatic rings. The predicted octanol–water partition coefficient (Wildman–Crippen LogP) is 5.42. The molecule has 0 saturated heterocycles. The number of anilines is 1. The van der Waals surface area contributed by atoms with Gasteiger partial charge >= 0.3 is 0 Å². The minimum Gasteiger partial charge on any atom is -0.380 e. The quantitative estimate of drug-likeness (QED) is 0.561. The van der Waals surface area contributed by atoms with Crippen LogP contribution in [-0.4, -0.2) is 28.4 Å². The largest absolute Gasteiger partial charge is 0.380 e. The van der Waals surface area contributed by atoms with Crippen molar-refractivity contribution in [3.63, 3.8) is 0 Å². The van der Waals surface area contributed by atoms with Gasteiger partial charge in [0.2, 0.25) is 10.0 Å². The van der Waals surface area contributed by atoms with E-state index in [1.54, 1.807) is 13.2 Å². The second kappa shape index (κ2) is 8.87. The number of methoxy groups -OCH3 is 1. The fourth-order valence-electron chi connectivity index (χ4n) is 4.16. The lowest BCUT2D eigenvalue weighted by Crippen LogP contribution is -2.10. The number of fused-ring (bicyclic) bond motifs is 2. The second-order valence-electron chi connectivity index (χ2n) is 7.70. The van der Waals surface area contributed by atoms with Gasteiger partial charge in [-0.2, -0.15) is 0 Å². The Kier molecular flexibility index (Phi) is 6.19. The van der Waals surface area contributed by atoms with Gasteiger partial charge in [-0.05, 0) is 76.1 Å². The summed E-state index contributed by atoms with van der Waals surface area (Å²) in [5.74, 6) is 0. The van der Waals surface area contributed by atoms with Gasteiger partial charge < -0.3 is 4.74 Å². The highest BCUT2D eigenvalue weighted by Crippen LogP contribution is 2.40. The van der Waals surface area contributed by atoms with Crippen LogP contribution in [-0.2, 0) is 27.6 Å². The van der Waals surface area contributed by atoms with Crippen molar-refractivity contribution in [3.05, 3.63) is 99.6 Å². The number of ether oxygens (including phenoxy) is 1. The van der Waals surface area contributed by atoms with E-state index in [0.29, 0.717) is 12.3 Å². The van der Waals surface area contributed by atoms with Crippen molar-refractivity contribution in [2.45, 2.75) is 12.8 Å². The molecule has 31 heavy (non-hydrogen) atoms. The standard InChI is InChI=1S/C25H24ClNO3S/c1-30-16-24(18-7-5-8-21(15-18)27-31(2,28)29)25-22-9-4-3-6-17(22)10-11-19-14-20(26)12-13-23(19)25/h3-9,12-15,27H,10-11,16H2,1-2H3/b25-24+. The van der Waals surface area contributed by atoms with Crippen LogP contribution in [0.4, 0.5) is 5.69 Å². The molecule has 160 valence electrons. The van der Waals surface area contributed by atoms with Crippen LogP contribution < -0.4 is 4.72 Å². The van der Waals surface area contributed by atoms with Gasteiger partial charge in [-0.15, -0.1) is 0 Å². The highest BCUT2D eigenvalue weighted by atomic mass is 35.5. The van der Waals surface area contributed by atoms with Gasteiger partial charge in [0, 0.05) is 17.8 Å². The highest BCUT2D eigenvalue weighted by Gasteiger charge is 2.22. The molecule has 0 aliphatic heterocycles. The second-order valence-corrected chi connectivity index (χ2v) is 9.89. The number of hydrogen-bond acceptors (Lipinski definition) is 3. The Balaban J connectivity index is 2.01. The van der Waals surface area contributed by atoms with E-state index in [4.69, 9.17) is 16.3 Å². The zero-order valence-electron chi connectivity index (χ0n) is 17.5. The van der Waals surface area contributed by atoms with Gasteiger partial charge in [0.25, 0.3) is 0 Å². The zero-order chi connectivity index (χ0) is 22.0. The summed E-state index contributed by atoms with van der Waals surface area (Å²) in [6.45, 7) is 0.383. The van der Waals surface area contributed by atoms with Gasteiger partial charge in [-0.25, -0.2) is 8.42 Å². The number of halogens is 1. The first-order valence-electron chi connectivity index (χ1n) is 10.0. The summed E-state index contributed by atoms with van der Waals surface area (Å²) in [6.07, 6.45) is 2.96. The lowest BCUT2D eigenvalue weighted by Gasteiger charge is -2.19. The van der Waals surface area contributed by atoms with E-state index in [1.165, 1.54) is 11.1 Å². The molecule has 0 spiro atoms. The van der Waals surface area contributed by atoms with Crippen molar-refractivity contribution in [3.8, 4) is 0 Å². The van der Waals surface area contributed by atoms with E-state index in [1.807, 2.05) is 36.4 Å². The molecule has 0 amide bonds. The summed E-state index contributed by atoms with van der Waals surface area (Å²) in [5, 5.41) is 0.719. The molecule has 1 aliphatic carbocycles. The Labute approximate surface area is 188 Å². The number of rotatable bonds is 5. The first kappa shape index (κ1) is 21.6. The first-order valence-corrected chi connectivity index (χ1v) is 12.3. The van der Waals surface area contributed by atoms with Gasteiger partial charge in [-0.1, -0.05) is 54.1 Å². The number of nitrogens with one attached hydrogen (secondary N) is 1. The third-order valence-corrected chi connectivity index (χ3v) is 6.23. The molecular weight excluding hydrogens is 430 g/mol. The Bertz CT molecular complexity index is 1270. The van der Waals surface area contributed by atoms with Crippen molar-refractivity contribution in [2.75, 3.05) is 24.7 Å². The van der Waals surface area contributed by atoms with Crippen molar-refractivity contribution >= 4 is 38.5 Å².